The van der Waals surface area contributed by atoms with Crippen LogP contribution in [-0.4, -0.2) is 49.7 Å². The van der Waals surface area contributed by atoms with Crippen molar-refractivity contribution in [2.24, 2.45) is 0 Å². The average molecular weight is 412 g/mol. The first-order chi connectivity index (χ1) is 15.2. The van der Waals surface area contributed by atoms with Crippen LogP contribution >= 0.6 is 0 Å². The minimum Gasteiger partial charge on any atom is -0.335 e. The Bertz CT molecular complexity index is 1560. The van der Waals surface area contributed by atoms with Gasteiger partial charge in [0, 0.05) is 24.2 Å². The molecule has 0 saturated heterocycles. The fourth-order valence-electron chi connectivity index (χ4n) is 3.54. The van der Waals surface area contributed by atoms with Crippen LogP contribution in [0, 0.1) is 12.7 Å². The lowest BCUT2D eigenvalue weighted by Gasteiger charge is -2.03. The van der Waals surface area contributed by atoms with E-state index < -0.39 is 5.82 Å². The predicted molar refractivity (Wildman–Crippen MR) is 110 cm³/mol. The van der Waals surface area contributed by atoms with Crippen molar-refractivity contribution >= 4 is 21.9 Å². The van der Waals surface area contributed by atoms with Gasteiger partial charge in [0.1, 0.15) is 23.2 Å². The third kappa shape index (κ3) is 2.67. The topological polar surface area (TPSA) is 127 Å². The van der Waals surface area contributed by atoms with Crippen molar-refractivity contribution in [1.82, 2.24) is 49.7 Å². The number of fused-ring (bicyclic) bond motifs is 2. The molecule has 10 nitrogen and oxygen atoms in total. The molecule has 6 heterocycles. The highest BCUT2D eigenvalue weighted by molar-refractivity contribution is 5.96. The molecule has 0 amide bonds. The second kappa shape index (κ2) is 6.49. The largest absolute Gasteiger partial charge is 0.335 e. The van der Waals surface area contributed by atoms with Gasteiger partial charge < -0.3 is 9.55 Å². The Morgan fingerprint density at radius 1 is 0.935 bits per heavy atom. The molecular formula is C20H13FN10. The summed E-state index contributed by atoms with van der Waals surface area (Å²) in [4.78, 5) is 28.5. The molecule has 150 valence electrons. The van der Waals surface area contributed by atoms with Gasteiger partial charge in [0.2, 0.25) is 0 Å². The predicted octanol–water partition coefficient (Wildman–Crippen LogP) is 2.99. The Hall–Kier alpha value is -4.54. The molecule has 0 fully saturated rings. The van der Waals surface area contributed by atoms with Gasteiger partial charge in [-0.05, 0) is 6.92 Å². The van der Waals surface area contributed by atoms with Gasteiger partial charge in [0.05, 0.1) is 52.7 Å². The molecule has 2 N–H and O–H groups in total. The van der Waals surface area contributed by atoms with Gasteiger partial charge in [-0.15, -0.1) is 0 Å². The molecule has 6 rings (SSSR count). The second-order valence-electron chi connectivity index (χ2n) is 6.97. The Morgan fingerprint density at radius 3 is 2.61 bits per heavy atom. The third-order valence-electron chi connectivity index (χ3n) is 4.97. The van der Waals surface area contributed by atoms with Crippen LogP contribution in [0.15, 0.2) is 49.8 Å². The van der Waals surface area contributed by atoms with Crippen molar-refractivity contribution in [3.63, 3.8) is 0 Å². The number of hydrogen-bond acceptors (Lipinski definition) is 7. The number of H-pyrrole nitrogens is 2. The fraction of sp³-hybridized carbons (Fsp3) is 0.0500. The minimum atomic E-state index is -0.528. The van der Waals surface area contributed by atoms with Crippen LogP contribution in [0.5, 0.6) is 0 Å². The molecule has 0 aliphatic rings. The zero-order chi connectivity index (χ0) is 20.9. The summed E-state index contributed by atoms with van der Waals surface area (Å²) in [6, 6.07) is 0. The van der Waals surface area contributed by atoms with Gasteiger partial charge in [-0.3, -0.25) is 15.1 Å². The number of imidazole rings is 2. The van der Waals surface area contributed by atoms with Crippen LogP contribution < -0.4 is 0 Å². The zero-order valence-corrected chi connectivity index (χ0v) is 16.1. The van der Waals surface area contributed by atoms with E-state index in [4.69, 9.17) is 4.98 Å². The molecule has 0 saturated carbocycles. The molecule has 0 bridgehead atoms. The lowest BCUT2D eigenvalue weighted by Crippen LogP contribution is -1.93. The molecule has 0 aliphatic carbocycles. The number of aryl methyl sites for hydroxylation is 1. The van der Waals surface area contributed by atoms with Crippen LogP contribution in [0.3, 0.4) is 0 Å². The maximum absolute atomic E-state index is 15.5. The van der Waals surface area contributed by atoms with Crippen molar-refractivity contribution in [1.29, 1.82) is 0 Å². The standard InChI is InChI=1S/C20H13FN10/c1-10-7-31(9-26-10)14-6-22-4-13-18(14)28-20(27-13)19-15-12(29-30-19)5-25-17(16(15)21)11-2-23-8-24-3-11/h2-9H,1H3,(H,27,28)(H,29,30). The molecule has 0 spiro atoms. The SMILES string of the molecule is Cc1cn(-c2cncc3[nH]c(-c4n[nH]c5cnc(-c6cncnc6)c(F)c45)nc23)cn1. The van der Waals surface area contributed by atoms with E-state index in [-0.39, 0.29) is 11.1 Å². The van der Waals surface area contributed by atoms with Gasteiger partial charge >= 0.3 is 0 Å². The average Bonchev–Trinajstić information content (AvgIpc) is 3.52. The minimum absolute atomic E-state index is 0.142. The molecule has 6 aromatic rings. The van der Waals surface area contributed by atoms with Crippen molar-refractivity contribution < 1.29 is 4.39 Å². The van der Waals surface area contributed by atoms with Gasteiger partial charge in [-0.2, -0.15) is 5.10 Å². The van der Waals surface area contributed by atoms with Crippen LogP contribution in [-0.2, 0) is 0 Å². The summed E-state index contributed by atoms with van der Waals surface area (Å²) in [5.74, 6) is -0.118. The molecular weight excluding hydrogens is 399 g/mol. The fourth-order valence-corrected chi connectivity index (χ4v) is 3.54. The molecule has 0 aromatic carbocycles. The maximum Gasteiger partial charge on any atom is 0.161 e. The summed E-state index contributed by atoms with van der Waals surface area (Å²) in [7, 11) is 0. The summed E-state index contributed by atoms with van der Waals surface area (Å²) in [5, 5.41) is 7.40. The van der Waals surface area contributed by atoms with Gasteiger partial charge in [-0.1, -0.05) is 0 Å². The zero-order valence-electron chi connectivity index (χ0n) is 16.1. The molecule has 0 unspecified atom stereocenters. The Balaban J connectivity index is 1.56. The number of aromatic amines is 2. The first kappa shape index (κ1) is 17.3. The second-order valence-corrected chi connectivity index (χ2v) is 6.97. The van der Waals surface area contributed by atoms with Crippen molar-refractivity contribution in [3.8, 4) is 28.5 Å². The normalized spacial score (nSPS) is 11.5. The lowest BCUT2D eigenvalue weighted by molar-refractivity contribution is 0.638. The van der Waals surface area contributed by atoms with Crippen molar-refractivity contribution in [2.75, 3.05) is 0 Å². The first-order valence-corrected chi connectivity index (χ1v) is 9.32. The van der Waals surface area contributed by atoms with Crippen molar-refractivity contribution in [3.05, 3.63) is 61.3 Å². The number of rotatable bonds is 3. The third-order valence-corrected chi connectivity index (χ3v) is 4.97. The smallest absolute Gasteiger partial charge is 0.161 e. The quantitative estimate of drug-likeness (QED) is 0.457. The van der Waals surface area contributed by atoms with Crippen LogP contribution in [0.2, 0.25) is 0 Å². The van der Waals surface area contributed by atoms with Gasteiger partial charge in [-0.25, -0.2) is 24.3 Å². The molecule has 6 aromatic heterocycles. The summed E-state index contributed by atoms with van der Waals surface area (Å²) in [6.07, 6.45) is 12.9. The maximum atomic E-state index is 15.5. The molecule has 11 heteroatoms. The highest BCUT2D eigenvalue weighted by Crippen LogP contribution is 2.32. The monoisotopic (exact) mass is 412 g/mol. The molecule has 0 aliphatic heterocycles. The highest BCUT2D eigenvalue weighted by Gasteiger charge is 2.21. The van der Waals surface area contributed by atoms with E-state index in [9.17, 15) is 0 Å². The molecule has 0 atom stereocenters. The number of nitrogens with one attached hydrogen (secondary N) is 2. The number of pyridine rings is 2. The van der Waals surface area contributed by atoms with Crippen LogP contribution in [0.4, 0.5) is 4.39 Å². The molecule has 31 heavy (non-hydrogen) atoms. The lowest BCUT2D eigenvalue weighted by atomic mass is 10.1. The van der Waals surface area contributed by atoms with Gasteiger partial charge in [0.15, 0.2) is 11.6 Å². The summed E-state index contributed by atoms with van der Waals surface area (Å²) >= 11 is 0. The van der Waals surface area contributed by atoms with E-state index in [1.54, 1.807) is 18.7 Å². The highest BCUT2D eigenvalue weighted by atomic mass is 19.1. The number of halogens is 1. The van der Waals surface area contributed by atoms with Crippen LogP contribution in [0.1, 0.15) is 5.69 Å². The van der Waals surface area contributed by atoms with Crippen LogP contribution in [0.25, 0.3) is 50.4 Å². The Kier molecular flexibility index (Phi) is 3.63. The van der Waals surface area contributed by atoms with E-state index in [0.29, 0.717) is 33.6 Å². The van der Waals surface area contributed by atoms with E-state index in [2.05, 4.69) is 40.1 Å². The van der Waals surface area contributed by atoms with E-state index in [0.717, 1.165) is 11.4 Å². The number of hydrogen-bond donors (Lipinski definition) is 2. The Labute approximate surface area is 173 Å². The van der Waals surface area contributed by atoms with E-state index in [1.165, 1.54) is 24.9 Å². The number of aromatic nitrogens is 10. The Morgan fingerprint density at radius 2 is 1.81 bits per heavy atom. The summed E-state index contributed by atoms with van der Waals surface area (Å²) in [6.45, 7) is 1.90. The summed E-state index contributed by atoms with van der Waals surface area (Å²) < 4.78 is 17.3. The van der Waals surface area contributed by atoms with E-state index >= 15 is 4.39 Å². The first-order valence-electron chi connectivity index (χ1n) is 9.32. The molecule has 0 radical (unpaired) electrons. The van der Waals surface area contributed by atoms with Crippen molar-refractivity contribution in [2.45, 2.75) is 6.92 Å². The van der Waals surface area contributed by atoms with Gasteiger partial charge in [0.25, 0.3) is 0 Å². The summed E-state index contributed by atoms with van der Waals surface area (Å²) in [5.41, 5.74) is 4.41. The number of nitrogens with zero attached hydrogens (tertiary/aromatic N) is 8. The van der Waals surface area contributed by atoms with E-state index in [1.807, 2.05) is 17.7 Å².